The Bertz CT molecular complexity index is 858. The first-order valence-electron chi connectivity index (χ1n) is 8.02. The molecule has 0 aliphatic carbocycles. The quantitative estimate of drug-likeness (QED) is 0.899. The van der Waals surface area contributed by atoms with Crippen molar-refractivity contribution in [3.8, 4) is 5.69 Å². The Morgan fingerprint density at radius 2 is 1.88 bits per heavy atom. The largest absolute Gasteiger partial charge is 0.416 e. The number of nitrogens with one attached hydrogen (secondary N) is 1. The van der Waals surface area contributed by atoms with Crippen molar-refractivity contribution in [2.45, 2.75) is 26.9 Å². The zero-order valence-corrected chi connectivity index (χ0v) is 14.6. The summed E-state index contributed by atoms with van der Waals surface area (Å²) in [5.74, 6) is -0.245. The number of anilines is 1. The number of halogens is 3. The highest BCUT2D eigenvalue weighted by Crippen LogP contribution is 2.30. The van der Waals surface area contributed by atoms with E-state index in [0.29, 0.717) is 18.8 Å². The maximum atomic E-state index is 12.9. The fourth-order valence-corrected chi connectivity index (χ4v) is 2.40. The molecule has 2 aromatic rings. The minimum Gasteiger partial charge on any atom is -0.325 e. The average molecular weight is 368 g/mol. The fraction of sp³-hybridized carbons (Fsp3) is 0.353. The molecule has 0 atom stereocenters. The Morgan fingerprint density at radius 1 is 1.23 bits per heavy atom. The van der Waals surface area contributed by atoms with Gasteiger partial charge in [-0.2, -0.15) is 13.2 Å². The molecule has 9 heteroatoms. The number of hydrogen-bond acceptors (Lipinski definition) is 3. The Balaban J connectivity index is 2.46. The molecule has 0 spiro atoms. The summed E-state index contributed by atoms with van der Waals surface area (Å²) in [5, 5.41) is 6.45. The molecule has 1 aromatic heterocycles. The van der Waals surface area contributed by atoms with Crippen molar-refractivity contribution in [2.24, 2.45) is 0 Å². The van der Waals surface area contributed by atoms with Crippen molar-refractivity contribution in [1.29, 1.82) is 0 Å². The molecule has 0 saturated heterocycles. The van der Waals surface area contributed by atoms with Gasteiger partial charge in [0.2, 0.25) is 11.2 Å². The third kappa shape index (κ3) is 4.22. The van der Waals surface area contributed by atoms with Crippen LogP contribution < -0.4 is 10.7 Å². The van der Waals surface area contributed by atoms with E-state index < -0.39 is 23.2 Å². The summed E-state index contributed by atoms with van der Waals surface area (Å²) >= 11 is 0. The molecular weight excluding hydrogens is 349 g/mol. The Kier molecular flexibility index (Phi) is 5.69. The zero-order valence-electron chi connectivity index (χ0n) is 14.6. The second kappa shape index (κ2) is 7.59. The molecule has 2 amide bonds. The van der Waals surface area contributed by atoms with Gasteiger partial charge in [-0.3, -0.25) is 10.1 Å². The van der Waals surface area contributed by atoms with E-state index in [4.69, 9.17) is 0 Å². The number of aryl methyl sites for hydroxylation is 1. The van der Waals surface area contributed by atoms with Gasteiger partial charge >= 0.3 is 12.2 Å². The SMILES string of the molecule is CCN(CC)C(=O)Nc1nn(-c2cccc(C(F)(F)F)c2)c(C)cc1=O. The maximum absolute atomic E-state index is 12.9. The predicted octanol–water partition coefficient (Wildman–Crippen LogP) is 3.43. The van der Waals surface area contributed by atoms with Gasteiger partial charge in [0.25, 0.3) is 0 Å². The van der Waals surface area contributed by atoms with E-state index in [1.54, 1.807) is 20.8 Å². The fourth-order valence-electron chi connectivity index (χ4n) is 2.40. The van der Waals surface area contributed by atoms with Crippen LogP contribution in [0.25, 0.3) is 5.69 Å². The minimum absolute atomic E-state index is 0.135. The highest BCUT2D eigenvalue weighted by atomic mass is 19.4. The summed E-state index contributed by atoms with van der Waals surface area (Å²) < 4.78 is 40.0. The van der Waals surface area contributed by atoms with Crippen molar-refractivity contribution >= 4 is 11.8 Å². The molecule has 2 rings (SSSR count). The molecule has 0 saturated carbocycles. The lowest BCUT2D eigenvalue weighted by Crippen LogP contribution is -2.36. The van der Waals surface area contributed by atoms with E-state index in [0.717, 1.165) is 12.1 Å². The van der Waals surface area contributed by atoms with Crippen molar-refractivity contribution < 1.29 is 18.0 Å². The van der Waals surface area contributed by atoms with Crippen molar-refractivity contribution in [2.75, 3.05) is 18.4 Å². The molecule has 1 aromatic carbocycles. The molecule has 1 heterocycles. The number of urea groups is 1. The lowest BCUT2D eigenvalue weighted by molar-refractivity contribution is -0.137. The van der Waals surface area contributed by atoms with Crippen LogP contribution in [0.1, 0.15) is 25.1 Å². The Hall–Kier alpha value is -2.84. The minimum atomic E-state index is -4.50. The Morgan fingerprint density at radius 3 is 2.46 bits per heavy atom. The van der Waals surface area contributed by atoms with Gasteiger partial charge in [-0.05, 0) is 39.0 Å². The normalized spacial score (nSPS) is 11.3. The number of benzene rings is 1. The smallest absolute Gasteiger partial charge is 0.325 e. The number of aromatic nitrogens is 2. The van der Waals surface area contributed by atoms with Crippen LogP contribution in [0, 0.1) is 6.92 Å². The molecule has 0 aliphatic heterocycles. The first-order chi connectivity index (χ1) is 12.2. The molecule has 0 bridgehead atoms. The zero-order chi connectivity index (χ0) is 19.5. The third-order valence-electron chi connectivity index (χ3n) is 3.80. The molecule has 0 aliphatic rings. The highest BCUT2D eigenvalue weighted by Gasteiger charge is 2.30. The summed E-state index contributed by atoms with van der Waals surface area (Å²) in [4.78, 5) is 25.7. The van der Waals surface area contributed by atoms with Crippen LogP contribution in [0.5, 0.6) is 0 Å². The summed E-state index contributed by atoms with van der Waals surface area (Å²) in [6.07, 6.45) is -4.50. The van der Waals surface area contributed by atoms with Gasteiger partial charge in [-0.1, -0.05) is 6.07 Å². The number of rotatable bonds is 4. The molecule has 0 fully saturated rings. The molecule has 140 valence electrons. The van der Waals surface area contributed by atoms with Crippen LogP contribution in [-0.4, -0.2) is 33.8 Å². The molecular formula is C17H19F3N4O2. The summed E-state index contributed by atoms with van der Waals surface area (Å²) in [6, 6.07) is 5.29. The van der Waals surface area contributed by atoms with Gasteiger partial charge in [-0.15, -0.1) is 5.10 Å². The van der Waals surface area contributed by atoms with E-state index in [1.165, 1.54) is 27.8 Å². The van der Waals surface area contributed by atoms with Gasteiger partial charge in [0.15, 0.2) is 0 Å². The van der Waals surface area contributed by atoms with E-state index in [2.05, 4.69) is 10.4 Å². The number of carbonyl (C=O) groups is 1. The summed E-state index contributed by atoms with van der Waals surface area (Å²) in [6.45, 7) is 6.00. The van der Waals surface area contributed by atoms with Crippen molar-refractivity contribution in [1.82, 2.24) is 14.7 Å². The van der Waals surface area contributed by atoms with Crippen LogP contribution in [0.2, 0.25) is 0 Å². The van der Waals surface area contributed by atoms with Crippen LogP contribution in [0.3, 0.4) is 0 Å². The average Bonchev–Trinajstić information content (AvgIpc) is 2.57. The maximum Gasteiger partial charge on any atom is 0.416 e. The molecule has 26 heavy (non-hydrogen) atoms. The van der Waals surface area contributed by atoms with Crippen molar-refractivity contribution in [3.63, 3.8) is 0 Å². The number of carbonyl (C=O) groups excluding carboxylic acids is 1. The van der Waals surface area contributed by atoms with E-state index in [-0.39, 0.29) is 11.5 Å². The lowest BCUT2D eigenvalue weighted by Gasteiger charge is -2.19. The first kappa shape index (κ1) is 19.5. The highest BCUT2D eigenvalue weighted by molar-refractivity contribution is 5.88. The van der Waals surface area contributed by atoms with Gasteiger partial charge in [0.1, 0.15) is 0 Å². The van der Waals surface area contributed by atoms with Crippen LogP contribution >= 0.6 is 0 Å². The topological polar surface area (TPSA) is 67.2 Å². The number of amides is 2. The van der Waals surface area contributed by atoms with Gasteiger partial charge in [0.05, 0.1) is 11.3 Å². The lowest BCUT2D eigenvalue weighted by atomic mass is 10.2. The molecule has 0 radical (unpaired) electrons. The van der Waals surface area contributed by atoms with E-state index in [9.17, 15) is 22.8 Å². The monoisotopic (exact) mass is 368 g/mol. The second-order valence-corrected chi connectivity index (χ2v) is 5.56. The number of nitrogens with zero attached hydrogens (tertiary/aromatic N) is 3. The Labute approximate surface area is 148 Å². The second-order valence-electron chi connectivity index (χ2n) is 5.56. The van der Waals surface area contributed by atoms with Crippen LogP contribution in [-0.2, 0) is 6.18 Å². The van der Waals surface area contributed by atoms with Crippen LogP contribution in [0.4, 0.5) is 23.8 Å². The molecule has 1 N–H and O–H groups in total. The number of alkyl halides is 3. The van der Waals surface area contributed by atoms with E-state index in [1.807, 2.05) is 0 Å². The van der Waals surface area contributed by atoms with E-state index >= 15 is 0 Å². The third-order valence-corrected chi connectivity index (χ3v) is 3.80. The number of hydrogen-bond donors (Lipinski definition) is 1. The van der Waals surface area contributed by atoms with Gasteiger partial charge in [-0.25, -0.2) is 9.48 Å². The first-order valence-corrected chi connectivity index (χ1v) is 8.02. The predicted molar refractivity (Wildman–Crippen MR) is 91.5 cm³/mol. The molecule has 0 unspecified atom stereocenters. The summed E-state index contributed by atoms with van der Waals surface area (Å²) in [7, 11) is 0. The van der Waals surface area contributed by atoms with Gasteiger partial charge < -0.3 is 4.90 Å². The summed E-state index contributed by atoms with van der Waals surface area (Å²) in [5.41, 5.74) is -0.874. The van der Waals surface area contributed by atoms with Crippen LogP contribution in [0.15, 0.2) is 35.1 Å². The van der Waals surface area contributed by atoms with Gasteiger partial charge in [0, 0.05) is 24.8 Å². The standard InChI is InChI=1S/C17H19F3N4O2/c1-4-23(5-2)16(26)21-15-14(25)9-11(3)24(22-15)13-8-6-7-12(10-13)17(18,19)20/h6-10H,4-5H2,1-3H3,(H,21,22,26). The van der Waals surface area contributed by atoms with Crippen molar-refractivity contribution in [3.05, 3.63) is 51.8 Å². The molecule has 6 nitrogen and oxygen atoms in total.